The Labute approximate surface area is 97.8 Å². The van der Waals surface area contributed by atoms with Crippen molar-refractivity contribution in [1.29, 1.82) is 0 Å². The number of halogens is 1. The molecular weight excluding hydrogens is 234 g/mol. The summed E-state index contributed by atoms with van der Waals surface area (Å²) in [7, 11) is 0. The lowest BCUT2D eigenvalue weighted by Gasteiger charge is -2.20. The predicted octanol–water partition coefficient (Wildman–Crippen LogP) is 2.52. The van der Waals surface area contributed by atoms with Crippen molar-refractivity contribution in [2.75, 3.05) is 0 Å². The Kier molecular flexibility index (Phi) is 3.32. The molecule has 0 aliphatic heterocycles. The van der Waals surface area contributed by atoms with E-state index in [0.29, 0.717) is 0 Å². The van der Waals surface area contributed by atoms with E-state index in [9.17, 15) is 10.1 Å². The minimum Gasteiger partial charge on any atom is -0.467 e. The Hall–Kier alpha value is -1.43. The highest BCUT2D eigenvalue weighted by molar-refractivity contribution is 6.28. The fourth-order valence-electron chi connectivity index (χ4n) is 1.08. The quantitative estimate of drug-likeness (QED) is 0.454. The molecule has 0 aliphatic rings. The maximum absolute atomic E-state index is 10.8. The maximum atomic E-state index is 10.8. The molecule has 0 unspecified atom stereocenters. The summed E-state index contributed by atoms with van der Waals surface area (Å²) in [6, 6.07) is 0. The Morgan fingerprint density at radius 3 is 2.38 bits per heavy atom. The molecular formula is C9H12ClN3O3. The van der Waals surface area contributed by atoms with Crippen molar-refractivity contribution in [2.45, 2.75) is 33.3 Å². The van der Waals surface area contributed by atoms with Gasteiger partial charge in [-0.1, -0.05) is 0 Å². The van der Waals surface area contributed by atoms with Crippen LogP contribution < -0.4 is 4.74 Å². The molecule has 0 N–H and O–H groups in total. The Morgan fingerprint density at radius 1 is 1.38 bits per heavy atom. The smallest absolute Gasteiger partial charge is 0.352 e. The molecule has 1 aromatic heterocycles. The summed E-state index contributed by atoms with van der Waals surface area (Å²) in [6.45, 7) is 6.79. The summed E-state index contributed by atoms with van der Waals surface area (Å²) < 4.78 is 5.38. The third-order valence-corrected chi connectivity index (χ3v) is 1.75. The van der Waals surface area contributed by atoms with Crippen molar-refractivity contribution < 1.29 is 9.66 Å². The van der Waals surface area contributed by atoms with Crippen LogP contribution in [0.25, 0.3) is 0 Å². The van der Waals surface area contributed by atoms with Crippen LogP contribution in [0.5, 0.6) is 5.88 Å². The van der Waals surface area contributed by atoms with Gasteiger partial charge in [-0.25, -0.2) is 4.98 Å². The first kappa shape index (κ1) is 12.6. The van der Waals surface area contributed by atoms with Gasteiger partial charge in [-0.3, -0.25) is 10.1 Å². The van der Waals surface area contributed by atoms with Gasteiger partial charge in [0.05, 0.1) is 4.92 Å². The Bertz CT molecular complexity index is 429. The molecule has 7 heteroatoms. The zero-order valence-electron chi connectivity index (χ0n) is 9.44. The van der Waals surface area contributed by atoms with E-state index in [1.807, 2.05) is 0 Å². The van der Waals surface area contributed by atoms with Crippen LogP contribution in [0.2, 0.25) is 5.28 Å². The van der Waals surface area contributed by atoms with E-state index in [1.54, 1.807) is 20.8 Å². The molecule has 0 bridgehead atoms. The number of nitrogens with zero attached hydrogens (tertiary/aromatic N) is 3. The second-order valence-corrected chi connectivity index (χ2v) is 4.54. The molecule has 0 atom stereocenters. The minimum atomic E-state index is -0.588. The largest absolute Gasteiger partial charge is 0.467 e. The van der Waals surface area contributed by atoms with Gasteiger partial charge in [-0.05, 0) is 39.3 Å². The zero-order valence-corrected chi connectivity index (χ0v) is 10.2. The average Bonchev–Trinajstić information content (AvgIpc) is 1.96. The van der Waals surface area contributed by atoms with Gasteiger partial charge in [0, 0.05) is 0 Å². The van der Waals surface area contributed by atoms with Crippen LogP contribution in [0.15, 0.2) is 0 Å². The van der Waals surface area contributed by atoms with E-state index in [2.05, 4.69) is 9.97 Å². The first-order valence-electron chi connectivity index (χ1n) is 4.58. The molecule has 0 fully saturated rings. The second kappa shape index (κ2) is 4.21. The SMILES string of the molecule is Cc1nc(Cl)nc(OC(C)(C)C)c1[N+](=O)[O-]. The van der Waals surface area contributed by atoms with Crippen molar-refractivity contribution in [3.63, 3.8) is 0 Å². The average molecular weight is 246 g/mol. The fourth-order valence-corrected chi connectivity index (χ4v) is 1.28. The van der Waals surface area contributed by atoms with Gasteiger partial charge >= 0.3 is 5.69 Å². The van der Waals surface area contributed by atoms with Gasteiger partial charge in [0.1, 0.15) is 11.3 Å². The first-order chi connectivity index (χ1) is 7.20. The minimum absolute atomic E-state index is 0.0673. The topological polar surface area (TPSA) is 78.2 Å². The van der Waals surface area contributed by atoms with E-state index in [-0.39, 0.29) is 22.5 Å². The highest BCUT2D eigenvalue weighted by atomic mass is 35.5. The van der Waals surface area contributed by atoms with Gasteiger partial charge in [-0.2, -0.15) is 4.98 Å². The first-order valence-corrected chi connectivity index (χ1v) is 4.96. The molecule has 1 heterocycles. The molecule has 0 radical (unpaired) electrons. The lowest BCUT2D eigenvalue weighted by Crippen LogP contribution is -2.24. The monoisotopic (exact) mass is 245 g/mol. The summed E-state index contributed by atoms with van der Waals surface area (Å²) in [5.74, 6) is -0.102. The lowest BCUT2D eigenvalue weighted by atomic mass is 10.2. The summed E-state index contributed by atoms with van der Waals surface area (Å²) in [4.78, 5) is 17.7. The second-order valence-electron chi connectivity index (χ2n) is 4.20. The van der Waals surface area contributed by atoms with E-state index < -0.39 is 10.5 Å². The van der Waals surface area contributed by atoms with Crippen LogP contribution in [0.1, 0.15) is 26.5 Å². The van der Waals surface area contributed by atoms with E-state index in [0.717, 1.165) is 0 Å². The normalized spacial score (nSPS) is 11.3. The molecule has 16 heavy (non-hydrogen) atoms. The highest BCUT2D eigenvalue weighted by Crippen LogP contribution is 2.30. The lowest BCUT2D eigenvalue weighted by molar-refractivity contribution is -0.387. The number of nitro groups is 1. The van der Waals surface area contributed by atoms with Crippen LogP contribution in [0.4, 0.5) is 5.69 Å². The summed E-state index contributed by atoms with van der Waals surface area (Å²) in [5.41, 5.74) is -0.655. The fraction of sp³-hybridized carbons (Fsp3) is 0.556. The summed E-state index contributed by atoms with van der Waals surface area (Å²) in [6.07, 6.45) is 0. The molecule has 6 nitrogen and oxygen atoms in total. The number of rotatable bonds is 2. The zero-order chi connectivity index (χ0) is 12.5. The molecule has 1 rings (SSSR count). The number of ether oxygens (including phenoxy) is 1. The van der Waals surface area contributed by atoms with Crippen LogP contribution in [-0.4, -0.2) is 20.5 Å². The summed E-state index contributed by atoms with van der Waals surface area (Å²) in [5, 5.41) is 10.8. The standard InChI is InChI=1S/C9H12ClN3O3/c1-5-6(13(14)15)7(12-8(10)11-5)16-9(2,3)4/h1-4H3. The predicted molar refractivity (Wildman–Crippen MR) is 58.8 cm³/mol. The van der Waals surface area contributed by atoms with E-state index in [4.69, 9.17) is 16.3 Å². The Balaban J connectivity index is 3.30. The maximum Gasteiger partial charge on any atom is 0.352 e. The molecule has 0 saturated carbocycles. The van der Waals surface area contributed by atoms with Gasteiger partial charge in [0.25, 0.3) is 5.88 Å². The summed E-state index contributed by atoms with van der Waals surface area (Å²) >= 11 is 5.63. The molecule has 88 valence electrons. The van der Waals surface area contributed by atoms with Crippen LogP contribution in [0, 0.1) is 17.0 Å². The van der Waals surface area contributed by atoms with Crippen LogP contribution >= 0.6 is 11.6 Å². The molecule has 0 amide bonds. The van der Waals surface area contributed by atoms with Crippen molar-refractivity contribution in [1.82, 2.24) is 9.97 Å². The molecule has 0 aliphatic carbocycles. The molecule has 1 aromatic rings. The molecule has 0 saturated heterocycles. The van der Waals surface area contributed by atoms with Crippen molar-refractivity contribution in [3.8, 4) is 5.88 Å². The third-order valence-electron chi connectivity index (χ3n) is 1.58. The van der Waals surface area contributed by atoms with Gasteiger partial charge in [-0.15, -0.1) is 0 Å². The van der Waals surface area contributed by atoms with Gasteiger partial charge in [0.2, 0.25) is 5.28 Å². The van der Waals surface area contributed by atoms with Crippen molar-refractivity contribution in [3.05, 3.63) is 21.1 Å². The Morgan fingerprint density at radius 2 is 1.94 bits per heavy atom. The van der Waals surface area contributed by atoms with E-state index in [1.165, 1.54) is 6.92 Å². The van der Waals surface area contributed by atoms with Crippen molar-refractivity contribution >= 4 is 17.3 Å². The molecule has 0 spiro atoms. The van der Waals surface area contributed by atoms with Crippen LogP contribution in [-0.2, 0) is 0 Å². The van der Waals surface area contributed by atoms with Crippen molar-refractivity contribution in [2.24, 2.45) is 0 Å². The number of aromatic nitrogens is 2. The number of hydrogen-bond donors (Lipinski definition) is 0. The molecule has 0 aromatic carbocycles. The van der Waals surface area contributed by atoms with Crippen LogP contribution in [0.3, 0.4) is 0 Å². The third kappa shape index (κ3) is 3.03. The number of aryl methyl sites for hydroxylation is 1. The van der Waals surface area contributed by atoms with Gasteiger partial charge in [0.15, 0.2) is 0 Å². The van der Waals surface area contributed by atoms with Gasteiger partial charge < -0.3 is 4.74 Å². The highest BCUT2D eigenvalue weighted by Gasteiger charge is 2.26. The van der Waals surface area contributed by atoms with E-state index >= 15 is 0 Å². The number of hydrogen-bond acceptors (Lipinski definition) is 5.